The van der Waals surface area contributed by atoms with Gasteiger partial charge in [-0.3, -0.25) is 9.59 Å². The predicted octanol–water partition coefficient (Wildman–Crippen LogP) is -0.312. The molecule has 1 saturated heterocycles. The number of carboxylic acids is 1. The highest BCUT2D eigenvalue weighted by Gasteiger charge is 2.34. The molecule has 0 saturated carbocycles. The van der Waals surface area contributed by atoms with Gasteiger partial charge in [-0.05, 0) is 19.3 Å². The zero-order valence-electron chi connectivity index (χ0n) is 10.2. The van der Waals surface area contributed by atoms with Crippen molar-refractivity contribution in [2.45, 2.75) is 37.9 Å². The van der Waals surface area contributed by atoms with E-state index in [0.717, 1.165) is 0 Å². The standard InChI is InChI=1S/C11H17NO6/c1-17-9(13)3-2-6-12-10(14)7-4-5-8(18-7)11(15)16/h7-8H,2-6H2,1H3,(H,12,14)(H,15,16)/t7-,8+/m0/s1. The Kier molecular flexibility index (Phi) is 5.57. The summed E-state index contributed by atoms with van der Waals surface area (Å²) in [6.45, 7) is 0.339. The second kappa shape index (κ2) is 6.95. The summed E-state index contributed by atoms with van der Waals surface area (Å²) < 4.78 is 9.54. The van der Waals surface area contributed by atoms with Crippen molar-refractivity contribution in [1.82, 2.24) is 5.32 Å². The molecule has 0 aromatic carbocycles. The third-order valence-corrected chi connectivity index (χ3v) is 2.67. The third kappa shape index (κ3) is 4.33. The lowest BCUT2D eigenvalue weighted by molar-refractivity contribution is -0.152. The average Bonchev–Trinajstić information content (AvgIpc) is 2.83. The Morgan fingerprint density at radius 1 is 1.33 bits per heavy atom. The van der Waals surface area contributed by atoms with E-state index in [9.17, 15) is 14.4 Å². The Hall–Kier alpha value is -1.63. The van der Waals surface area contributed by atoms with Crippen LogP contribution in [0.4, 0.5) is 0 Å². The molecule has 1 rings (SSSR count). The van der Waals surface area contributed by atoms with Crippen molar-refractivity contribution in [2.75, 3.05) is 13.7 Å². The molecule has 0 unspecified atom stereocenters. The molecule has 0 aromatic rings. The van der Waals surface area contributed by atoms with E-state index in [1.807, 2.05) is 0 Å². The number of nitrogens with one attached hydrogen (secondary N) is 1. The van der Waals surface area contributed by atoms with E-state index in [-0.39, 0.29) is 18.3 Å². The normalized spacial score (nSPS) is 22.5. The Morgan fingerprint density at radius 3 is 2.56 bits per heavy atom. The molecule has 2 N–H and O–H groups in total. The maximum absolute atomic E-state index is 11.6. The minimum atomic E-state index is -1.05. The van der Waals surface area contributed by atoms with E-state index in [1.165, 1.54) is 7.11 Å². The van der Waals surface area contributed by atoms with Crippen molar-refractivity contribution in [3.63, 3.8) is 0 Å². The highest BCUT2D eigenvalue weighted by atomic mass is 16.5. The van der Waals surface area contributed by atoms with Gasteiger partial charge in [-0.15, -0.1) is 0 Å². The maximum Gasteiger partial charge on any atom is 0.332 e. The number of carboxylic acid groups (broad SMARTS) is 1. The fourth-order valence-corrected chi connectivity index (χ4v) is 1.67. The molecular formula is C11H17NO6. The van der Waals surface area contributed by atoms with Crippen LogP contribution >= 0.6 is 0 Å². The van der Waals surface area contributed by atoms with E-state index in [1.54, 1.807) is 0 Å². The Bertz CT molecular complexity index is 329. The number of hydrogen-bond donors (Lipinski definition) is 2. The summed E-state index contributed by atoms with van der Waals surface area (Å²) in [4.78, 5) is 33.0. The highest BCUT2D eigenvalue weighted by molar-refractivity contribution is 5.82. The molecule has 0 bridgehead atoms. The number of amides is 1. The lowest BCUT2D eigenvalue weighted by Crippen LogP contribution is -2.36. The Morgan fingerprint density at radius 2 is 2.00 bits per heavy atom. The molecule has 0 aliphatic carbocycles. The molecule has 2 atom stereocenters. The van der Waals surface area contributed by atoms with Crippen molar-refractivity contribution in [1.29, 1.82) is 0 Å². The molecule has 7 nitrogen and oxygen atoms in total. The number of aliphatic carboxylic acids is 1. The van der Waals surface area contributed by atoms with Crippen molar-refractivity contribution < 1.29 is 29.0 Å². The highest BCUT2D eigenvalue weighted by Crippen LogP contribution is 2.19. The molecule has 1 fully saturated rings. The lowest BCUT2D eigenvalue weighted by Gasteiger charge is -2.11. The minimum Gasteiger partial charge on any atom is -0.479 e. The molecule has 18 heavy (non-hydrogen) atoms. The topological polar surface area (TPSA) is 102 Å². The maximum atomic E-state index is 11.6. The van der Waals surface area contributed by atoms with Gasteiger partial charge < -0.3 is 19.9 Å². The van der Waals surface area contributed by atoms with Crippen molar-refractivity contribution >= 4 is 17.8 Å². The van der Waals surface area contributed by atoms with E-state index in [4.69, 9.17) is 9.84 Å². The average molecular weight is 259 g/mol. The van der Waals surface area contributed by atoms with Crippen LogP contribution < -0.4 is 5.32 Å². The monoisotopic (exact) mass is 259 g/mol. The van der Waals surface area contributed by atoms with Gasteiger partial charge in [0.05, 0.1) is 7.11 Å². The summed E-state index contributed by atoms with van der Waals surface area (Å²) in [6.07, 6.45) is -0.136. The van der Waals surface area contributed by atoms with E-state index >= 15 is 0 Å². The molecule has 0 aromatic heterocycles. The smallest absolute Gasteiger partial charge is 0.332 e. The first kappa shape index (κ1) is 14.4. The molecule has 1 aliphatic heterocycles. The summed E-state index contributed by atoms with van der Waals surface area (Å²) in [5, 5.41) is 11.3. The number of carbonyl (C=O) groups excluding carboxylic acids is 2. The van der Waals surface area contributed by atoms with Crippen LogP contribution in [0.5, 0.6) is 0 Å². The van der Waals surface area contributed by atoms with Gasteiger partial charge in [0.25, 0.3) is 0 Å². The van der Waals surface area contributed by atoms with Crippen molar-refractivity contribution in [3.05, 3.63) is 0 Å². The van der Waals surface area contributed by atoms with Crippen LogP contribution in [0.15, 0.2) is 0 Å². The molecule has 1 amide bonds. The van der Waals surface area contributed by atoms with Crippen LogP contribution in [0.1, 0.15) is 25.7 Å². The quantitative estimate of drug-likeness (QED) is 0.501. The Balaban J connectivity index is 2.18. The van der Waals surface area contributed by atoms with Gasteiger partial charge in [0.15, 0.2) is 6.10 Å². The van der Waals surface area contributed by atoms with Gasteiger partial charge in [0.2, 0.25) is 5.91 Å². The molecule has 0 radical (unpaired) electrons. The second-order valence-electron chi connectivity index (χ2n) is 4.00. The third-order valence-electron chi connectivity index (χ3n) is 2.67. The molecule has 1 heterocycles. The van der Waals surface area contributed by atoms with Gasteiger partial charge in [-0.1, -0.05) is 0 Å². The first-order valence-electron chi connectivity index (χ1n) is 5.77. The first-order chi connectivity index (χ1) is 8.54. The number of rotatable bonds is 6. The summed E-state index contributed by atoms with van der Waals surface area (Å²) in [5.74, 6) is -1.70. The lowest BCUT2D eigenvalue weighted by atomic mass is 10.2. The van der Waals surface area contributed by atoms with Crippen LogP contribution in [0.3, 0.4) is 0 Å². The summed E-state index contributed by atoms with van der Waals surface area (Å²) in [7, 11) is 1.30. The van der Waals surface area contributed by atoms with Crippen LogP contribution in [0.2, 0.25) is 0 Å². The second-order valence-corrected chi connectivity index (χ2v) is 4.00. The number of hydrogen-bond acceptors (Lipinski definition) is 5. The van der Waals surface area contributed by atoms with E-state index < -0.39 is 18.2 Å². The fraction of sp³-hybridized carbons (Fsp3) is 0.727. The van der Waals surface area contributed by atoms with E-state index in [2.05, 4.69) is 10.1 Å². The zero-order valence-corrected chi connectivity index (χ0v) is 10.2. The molecular weight excluding hydrogens is 242 g/mol. The summed E-state index contributed by atoms with van der Waals surface area (Å²) >= 11 is 0. The molecule has 0 spiro atoms. The molecule has 7 heteroatoms. The van der Waals surface area contributed by atoms with Crippen molar-refractivity contribution in [2.24, 2.45) is 0 Å². The molecule has 1 aliphatic rings. The number of ether oxygens (including phenoxy) is 2. The predicted molar refractivity (Wildman–Crippen MR) is 59.8 cm³/mol. The van der Waals surface area contributed by atoms with Gasteiger partial charge in [-0.2, -0.15) is 0 Å². The van der Waals surface area contributed by atoms with Crippen LogP contribution in [-0.4, -0.2) is 48.8 Å². The summed E-state index contributed by atoms with van der Waals surface area (Å²) in [5.41, 5.74) is 0. The van der Waals surface area contributed by atoms with Crippen LogP contribution in [0.25, 0.3) is 0 Å². The van der Waals surface area contributed by atoms with Crippen molar-refractivity contribution in [3.8, 4) is 0 Å². The van der Waals surface area contributed by atoms with Gasteiger partial charge >= 0.3 is 11.9 Å². The van der Waals surface area contributed by atoms with Gasteiger partial charge in [0, 0.05) is 13.0 Å². The zero-order chi connectivity index (χ0) is 13.5. The Labute approximate surface area is 104 Å². The SMILES string of the molecule is COC(=O)CCCNC(=O)[C@@H]1CC[C@H](C(=O)O)O1. The first-order valence-corrected chi connectivity index (χ1v) is 5.77. The van der Waals surface area contributed by atoms with Crippen LogP contribution in [0, 0.1) is 0 Å². The van der Waals surface area contributed by atoms with Gasteiger partial charge in [-0.25, -0.2) is 4.79 Å². The number of carbonyl (C=O) groups is 3. The number of methoxy groups -OCH3 is 1. The fourth-order valence-electron chi connectivity index (χ4n) is 1.67. The van der Waals surface area contributed by atoms with Crippen LogP contribution in [-0.2, 0) is 23.9 Å². The molecule has 102 valence electrons. The summed E-state index contributed by atoms with van der Waals surface area (Å²) in [6, 6.07) is 0. The largest absolute Gasteiger partial charge is 0.479 e. The van der Waals surface area contributed by atoms with E-state index in [0.29, 0.717) is 25.8 Å². The van der Waals surface area contributed by atoms with Gasteiger partial charge in [0.1, 0.15) is 6.10 Å². The number of esters is 1. The minimum absolute atomic E-state index is 0.236.